The lowest BCUT2D eigenvalue weighted by atomic mass is 10.1. The molecular formula is C16H15NO3. The number of carboxylic acids is 1. The number of hydrogen-bond donors (Lipinski definition) is 2. The first-order valence-electron chi connectivity index (χ1n) is 6.24. The number of aryl methyl sites for hydroxylation is 1. The largest absolute Gasteiger partial charge is 0.478 e. The van der Waals surface area contributed by atoms with Crippen LogP contribution in [-0.2, 0) is 11.2 Å². The molecule has 2 N–H and O–H groups in total. The third-order valence-corrected chi connectivity index (χ3v) is 3.03. The van der Waals surface area contributed by atoms with Gasteiger partial charge < -0.3 is 10.4 Å². The van der Waals surface area contributed by atoms with Crippen LogP contribution in [-0.4, -0.2) is 17.0 Å². The number of rotatable bonds is 4. The SMILES string of the molecule is Cc1ccccc1CC(=O)Nc1ccc(C(=O)O)cc1. The van der Waals surface area contributed by atoms with Gasteiger partial charge in [-0.25, -0.2) is 4.79 Å². The number of carboxylic acid groups (broad SMARTS) is 1. The summed E-state index contributed by atoms with van der Waals surface area (Å²) in [6.45, 7) is 1.96. The summed E-state index contributed by atoms with van der Waals surface area (Å²) in [5, 5.41) is 11.5. The van der Waals surface area contributed by atoms with Crippen molar-refractivity contribution in [1.29, 1.82) is 0 Å². The van der Waals surface area contributed by atoms with Crippen LogP contribution in [0.15, 0.2) is 48.5 Å². The summed E-state index contributed by atoms with van der Waals surface area (Å²) < 4.78 is 0. The number of anilines is 1. The van der Waals surface area contributed by atoms with Gasteiger partial charge in [0.15, 0.2) is 0 Å². The first-order chi connectivity index (χ1) is 9.56. The Bertz CT molecular complexity index is 632. The first kappa shape index (κ1) is 13.8. The molecule has 2 aromatic carbocycles. The van der Waals surface area contributed by atoms with Crippen LogP contribution in [0, 0.1) is 6.92 Å². The average Bonchev–Trinajstić information content (AvgIpc) is 2.42. The molecular weight excluding hydrogens is 254 g/mol. The fourth-order valence-corrected chi connectivity index (χ4v) is 1.88. The van der Waals surface area contributed by atoms with Crippen LogP contribution >= 0.6 is 0 Å². The molecule has 0 saturated carbocycles. The Morgan fingerprint density at radius 1 is 1.05 bits per heavy atom. The molecule has 0 heterocycles. The molecule has 1 amide bonds. The monoisotopic (exact) mass is 269 g/mol. The maximum Gasteiger partial charge on any atom is 0.335 e. The standard InChI is InChI=1S/C16H15NO3/c1-11-4-2-3-5-13(11)10-15(18)17-14-8-6-12(7-9-14)16(19)20/h2-9H,10H2,1H3,(H,17,18)(H,19,20). The lowest BCUT2D eigenvalue weighted by Gasteiger charge is -2.07. The van der Waals surface area contributed by atoms with E-state index in [0.717, 1.165) is 11.1 Å². The Morgan fingerprint density at radius 2 is 1.70 bits per heavy atom. The number of carbonyl (C=O) groups is 2. The maximum atomic E-state index is 11.9. The van der Waals surface area contributed by atoms with Gasteiger partial charge in [0.1, 0.15) is 0 Å². The van der Waals surface area contributed by atoms with Crippen LogP contribution < -0.4 is 5.32 Å². The Balaban J connectivity index is 2.01. The van der Waals surface area contributed by atoms with Crippen LogP contribution in [0.3, 0.4) is 0 Å². The van der Waals surface area contributed by atoms with E-state index in [0.29, 0.717) is 12.1 Å². The molecule has 102 valence electrons. The normalized spacial score (nSPS) is 10.1. The van der Waals surface area contributed by atoms with Crippen LogP contribution in [0.25, 0.3) is 0 Å². The van der Waals surface area contributed by atoms with Crippen LogP contribution in [0.5, 0.6) is 0 Å². The molecule has 0 aliphatic carbocycles. The highest BCUT2D eigenvalue weighted by atomic mass is 16.4. The second-order valence-corrected chi connectivity index (χ2v) is 4.53. The lowest BCUT2D eigenvalue weighted by molar-refractivity contribution is -0.115. The van der Waals surface area contributed by atoms with Crippen molar-refractivity contribution >= 4 is 17.6 Å². The molecule has 0 atom stereocenters. The van der Waals surface area contributed by atoms with Gasteiger partial charge in [0.05, 0.1) is 12.0 Å². The van der Waals surface area contributed by atoms with E-state index in [-0.39, 0.29) is 11.5 Å². The highest BCUT2D eigenvalue weighted by molar-refractivity contribution is 5.93. The predicted octanol–water partition coefficient (Wildman–Crippen LogP) is 2.87. The van der Waals surface area contributed by atoms with Gasteiger partial charge in [-0.3, -0.25) is 4.79 Å². The van der Waals surface area contributed by atoms with Crippen LogP contribution in [0.1, 0.15) is 21.5 Å². The van der Waals surface area contributed by atoms with Gasteiger partial charge in [0.25, 0.3) is 0 Å². The third-order valence-electron chi connectivity index (χ3n) is 3.03. The molecule has 20 heavy (non-hydrogen) atoms. The predicted molar refractivity (Wildman–Crippen MR) is 76.9 cm³/mol. The van der Waals surface area contributed by atoms with E-state index >= 15 is 0 Å². The highest BCUT2D eigenvalue weighted by Gasteiger charge is 2.07. The van der Waals surface area contributed by atoms with E-state index in [1.165, 1.54) is 12.1 Å². The van der Waals surface area contributed by atoms with Gasteiger partial charge in [-0.2, -0.15) is 0 Å². The van der Waals surface area contributed by atoms with Gasteiger partial charge >= 0.3 is 5.97 Å². The Labute approximate surface area is 117 Å². The second kappa shape index (κ2) is 6.02. The van der Waals surface area contributed by atoms with Gasteiger partial charge in [0.2, 0.25) is 5.91 Å². The van der Waals surface area contributed by atoms with Crippen molar-refractivity contribution in [2.24, 2.45) is 0 Å². The molecule has 4 heteroatoms. The average molecular weight is 269 g/mol. The van der Waals surface area contributed by atoms with Gasteiger partial charge in [0, 0.05) is 5.69 Å². The zero-order chi connectivity index (χ0) is 14.5. The number of carbonyl (C=O) groups excluding carboxylic acids is 1. The molecule has 0 radical (unpaired) electrons. The molecule has 0 aromatic heterocycles. The molecule has 4 nitrogen and oxygen atoms in total. The summed E-state index contributed by atoms with van der Waals surface area (Å²) in [6, 6.07) is 13.8. The Morgan fingerprint density at radius 3 is 2.30 bits per heavy atom. The van der Waals surface area contributed by atoms with Crippen LogP contribution in [0.4, 0.5) is 5.69 Å². The van der Waals surface area contributed by atoms with Gasteiger partial charge in [-0.1, -0.05) is 24.3 Å². The van der Waals surface area contributed by atoms with E-state index in [4.69, 9.17) is 5.11 Å². The number of nitrogens with one attached hydrogen (secondary N) is 1. The van der Waals surface area contributed by atoms with E-state index in [1.807, 2.05) is 31.2 Å². The van der Waals surface area contributed by atoms with Crippen molar-refractivity contribution in [2.75, 3.05) is 5.32 Å². The van der Waals surface area contributed by atoms with E-state index in [1.54, 1.807) is 12.1 Å². The van der Waals surface area contributed by atoms with Crippen molar-refractivity contribution in [2.45, 2.75) is 13.3 Å². The van der Waals surface area contributed by atoms with E-state index in [2.05, 4.69) is 5.32 Å². The fraction of sp³-hybridized carbons (Fsp3) is 0.125. The summed E-state index contributed by atoms with van der Waals surface area (Å²) in [6.07, 6.45) is 0.299. The molecule has 2 rings (SSSR count). The minimum atomic E-state index is -0.984. The minimum absolute atomic E-state index is 0.123. The van der Waals surface area contributed by atoms with Crippen molar-refractivity contribution in [3.05, 3.63) is 65.2 Å². The van der Waals surface area contributed by atoms with Crippen molar-refractivity contribution in [1.82, 2.24) is 0 Å². The molecule has 0 aliphatic rings. The number of hydrogen-bond acceptors (Lipinski definition) is 2. The third kappa shape index (κ3) is 3.45. The topological polar surface area (TPSA) is 66.4 Å². The summed E-state index contributed by atoms with van der Waals surface area (Å²) >= 11 is 0. The first-order valence-corrected chi connectivity index (χ1v) is 6.24. The molecule has 0 bridgehead atoms. The number of aromatic carboxylic acids is 1. The van der Waals surface area contributed by atoms with Crippen molar-refractivity contribution in [3.63, 3.8) is 0 Å². The fourth-order valence-electron chi connectivity index (χ4n) is 1.88. The van der Waals surface area contributed by atoms with E-state index < -0.39 is 5.97 Å². The summed E-state index contributed by atoms with van der Waals surface area (Å²) in [5.41, 5.74) is 2.84. The molecule has 0 saturated heterocycles. The minimum Gasteiger partial charge on any atom is -0.478 e. The highest BCUT2D eigenvalue weighted by Crippen LogP contribution is 2.12. The Hall–Kier alpha value is -2.62. The molecule has 0 aliphatic heterocycles. The zero-order valence-electron chi connectivity index (χ0n) is 11.1. The second-order valence-electron chi connectivity index (χ2n) is 4.53. The lowest BCUT2D eigenvalue weighted by Crippen LogP contribution is -2.15. The summed E-state index contributed by atoms with van der Waals surface area (Å²) in [7, 11) is 0. The Kier molecular flexibility index (Phi) is 4.15. The zero-order valence-corrected chi connectivity index (χ0v) is 11.1. The van der Waals surface area contributed by atoms with Gasteiger partial charge in [-0.05, 0) is 42.3 Å². The van der Waals surface area contributed by atoms with Crippen molar-refractivity contribution < 1.29 is 14.7 Å². The number of amides is 1. The van der Waals surface area contributed by atoms with Crippen molar-refractivity contribution in [3.8, 4) is 0 Å². The molecule has 2 aromatic rings. The molecule has 0 fully saturated rings. The smallest absolute Gasteiger partial charge is 0.335 e. The summed E-state index contributed by atoms with van der Waals surface area (Å²) in [5.74, 6) is -1.11. The molecule has 0 unspecified atom stereocenters. The number of benzene rings is 2. The summed E-state index contributed by atoms with van der Waals surface area (Å²) in [4.78, 5) is 22.7. The molecule has 0 spiro atoms. The van der Waals surface area contributed by atoms with Crippen LogP contribution in [0.2, 0.25) is 0 Å². The van der Waals surface area contributed by atoms with E-state index in [9.17, 15) is 9.59 Å². The quantitative estimate of drug-likeness (QED) is 0.896. The van der Waals surface area contributed by atoms with Gasteiger partial charge in [-0.15, -0.1) is 0 Å². The maximum absolute atomic E-state index is 11.9.